The van der Waals surface area contributed by atoms with E-state index in [-0.39, 0.29) is 12.1 Å². The molecule has 7 heteroatoms. The van der Waals surface area contributed by atoms with E-state index in [4.69, 9.17) is 0 Å². The van der Waals surface area contributed by atoms with Gasteiger partial charge in [-0.15, -0.1) is 0 Å². The first-order valence-electron chi connectivity index (χ1n) is 6.62. The molecule has 2 aromatic rings. The Morgan fingerprint density at radius 2 is 1.45 bits per heavy atom. The van der Waals surface area contributed by atoms with E-state index in [1.807, 2.05) is 0 Å². The Labute approximate surface area is 125 Å². The Morgan fingerprint density at radius 3 is 2.00 bits per heavy atom. The highest BCUT2D eigenvalue weighted by Gasteiger charge is 2.35. The van der Waals surface area contributed by atoms with E-state index in [0.29, 0.717) is 11.1 Å². The molecule has 7 nitrogen and oxygen atoms in total. The van der Waals surface area contributed by atoms with Crippen LogP contribution in [-0.4, -0.2) is 25.8 Å². The van der Waals surface area contributed by atoms with Gasteiger partial charge in [0.15, 0.2) is 0 Å². The summed E-state index contributed by atoms with van der Waals surface area (Å²) < 4.78 is 2.20. The van der Waals surface area contributed by atoms with Gasteiger partial charge in [0.2, 0.25) is 0 Å². The largest absolute Gasteiger partial charge is 0.330 e. The van der Waals surface area contributed by atoms with Crippen LogP contribution >= 0.6 is 0 Å². The van der Waals surface area contributed by atoms with Crippen molar-refractivity contribution in [3.63, 3.8) is 0 Å². The number of carbonyl (C=O) groups excluding carboxylic acids is 2. The van der Waals surface area contributed by atoms with Crippen molar-refractivity contribution in [2.45, 2.75) is 6.54 Å². The summed E-state index contributed by atoms with van der Waals surface area (Å²) >= 11 is 0. The first-order valence-corrected chi connectivity index (χ1v) is 6.62. The molecule has 0 N–H and O–H groups in total. The number of imide groups is 1. The smallest absolute Gasteiger partial charge is 0.303 e. The highest BCUT2D eigenvalue weighted by Crippen LogP contribution is 2.23. The van der Waals surface area contributed by atoms with Crippen molar-refractivity contribution in [1.29, 1.82) is 0 Å². The van der Waals surface area contributed by atoms with Gasteiger partial charge >= 0.3 is 5.69 Å². The molecule has 0 aliphatic carbocycles. The SMILES string of the molecule is Cn1cc(CN2C(=O)c3ccccc3C2=O)c(=O)n(C)c1=O. The van der Waals surface area contributed by atoms with Gasteiger partial charge in [-0.3, -0.25) is 23.9 Å². The second-order valence-electron chi connectivity index (χ2n) is 5.15. The summed E-state index contributed by atoms with van der Waals surface area (Å²) in [6.07, 6.45) is 1.36. The molecular weight excluding hydrogens is 286 g/mol. The van der Waals surface area contributed by atoms with E-state index >= 15 is 0 Å². The number of aromatic nitrogens is 2. The molecule has 22 heavy (non-hydrogen) atoms. The highest BCUT2D eigenvalue weighted by molar-refractivity contribution is 6.21. The van der Waals surface area contributed by atoms with Crippen molar-refractivity contribution < 1.29 is 9.59 Å². The molecule has 0 unspecified atom stereocenters. The van der Waals surface area contributed by atoms with E-state index in [1.165, 1.54) is 24.9 Å². The Balaban J connectivity index is 2.03. The zero-order chi connectivity index (χ0) is 16.0. The maximum Gasteiger partial charge on any atom is 0.330 e. The summed E-state index contributed by atoms with van der Waals surface area (Å²) in [4.78, 5) is 49.4. The van der Waals surface area contributed by atoms with Crippen LogP contribution in [0.15, 0.2) is 40.1 Å². The summed E-state index contributed by atoms with van der Waals surface area (Å²) in [5.41, 5.74) is -0.113. The maximum atomic E-state index is 12.3. The number of fused-ring (bicyclic) bond motifs is 1. The minimum Gasteiger partial charge on any atom is -0.303 e. The number of hydrogen-bond acceptors (Lipinski definition) is 4. The quantitative estimate of drug-likeness (QED) is 0.724. The van der Waals surface area contributed by atoms with E-state index in [0.717, 1.165) is 9.47 Å². The average molecular weight is 299 g/mol. The fraction of sp³-hybridized carbons (Fsp3) is 0.200. The lowest BCUT2D eigenvalue weighted by Gasteiger charge is -2.14. The van der Waals surface area contributed by atoms with Gasteiger partial charge in [-0.25, -0.2) is 4.79 Å². The molecule has 0 spiro atoms. The highest BCUT2D eigenvalue weighted by atomic mass is 16.2. The molecule has 1 aliphatic rings. The number of amides is 2. The third-order valence-electron chi connectivity index (χ3n) is 3.72. The molecule has 0 radical (unpaired) electrons. The van der Waals surface area contributed by atoms with Crippen molar-refractivity contribution in [3.05, 3.63) is 68.0 Å². The molecule has 0 saturated carbocycles. The molecule has 2 heterocycles. The summed E-state index contributed by atoms with van der Waals surface area (Å²) in [5.74, 6) is -0.868. The lowest BCUT2D eigenvalue weighted by molar-refractivity contribution is 0.0641. The van der Waals surface area contributed by atoms with Crippen molar-refractivity contribution in [2.75, 3.05) is 0 Å². The fourth-order valence-corrected chi connectivity index (χ4v) is 2.54. The van der Waals surface area contributed by atoms with E-state index in [1.54, 1.807) is 24.3 Å². The van der Waals surface area contributed by atoms with Crippen LogP contribution in [0.5, 0.6) is 0 Å². The van der Waals surface area contributed by atoms with Crippen molar-refractivity contribution >= 4 is 11.8 Å². The number of carbonyl (C=O) groups is 2. The van der Waals surface area contributed by atoms with Crippen LogP contribution in [0.4, 0.5) is 0 Å². The van der Waals surface area contributed by atoms with Gasteiger partial charge in [0.1, 0.15) is 0 Å². The van der Waals surface area contributed by atoms with E-state index in [9.17, 15) is 19.2 Å². The van der Waals surface area contributed by atoms with Gasteiger partial charge < -0.3 is 4.57 Å². The first kappa shape index (κ1) is 14.0. The van der Waals surface area contributed by atoms with Crippen LogP contribution in [0, 0.1) is 0 Å². The number of benzene rings is 1. The number of aryl methyl sites for hydroxylation is 1. The Morgan fingerprint density at radius 1 is 0.909 bits per heavy atom. The number of rotatable bonds is 2. The van der Waals surface area contributed by atoms with Gasteiger partial charge in [0.05, 0.1) is 23.2 Å². The van der Waals surface area contributed by atoms with Crippen molar-refractivity contribution in [3.8, 4) is 0 Å². The third kappa shape index (κ3) is 1.90. The Hall–Kier alpha value is -2.96. The molecule has 0 atom stereocenters. The van der Waals surface area contributed by atoms with Gasteiger partial charge in [-0.2, -0.15) is 0 Å². The monoisotopic (exact) mass is 299 g/mol. The first-order chi connectivity index (χ1) is 10.4. The molecule has 3 rings (SSSR count). The zero-order valence-corrected chi connectivity index (χ0v) is 12.1. The minimum absolute atomic E-state index is 0.160. The molecule has 2 amide bonds. The molecule has 0 saturated heterocycles. The molecular formula is C15H13N3O4. The summed E-state index contributed by atoms with van der Waals surface area (Å²) in [5, 5.41) is 0. The predicted molar refractivity (Wildman–Crippen MR) is 77.6 cm³/mol. The molecule has 1 aliphatic heterocycles. The van der Waals surface area contributed by atoms with Crippen LogP contribution in [0.1, 0.15) is 26.3 Å². The number of hydrogen-bond donors (Lipinski definition) is 0. The molecule has 0 bridgehead atoms. The zero-order valence-electron chi connectivity index (χ0n) is 12.1. The van der Waals surface area contributed by atoms with Crippen LogP contribution in [0.3, 0.4) is 0 Å². The summed E-state index contributed by atoms with van der Waals surface area (Å²) in [6, 6.07) is 6.51. The Bertz CT molecular complexity index is 888. The van der Waals surface area contributed by atoms with Crippen LogP contribution < -0.4 is 11.2 Å². The summed E-state index contributed by atoms with van der Waals surface area (Å²) in [6.45, 7) is -0.160. The van der Waals surface area contributed by atoms with Crippen LogP contribution in [0.2, 0.25) is 0 Å². The minimum atomic E-state index is -0.514. The van der Waals surface area contributed by atoms with Crippen molar-refractivity contribution in [1.82, 2.24) is 14.0 Å². The Kier molecular flexibility index (Phi) is 3.05. The standard InChI is InChI=1S/C15H13N3O4/c1-16-7-9(12(19)17(2)15(16)22)8-18-13(20)10-5-3-4-6-11(10)14(18)21/h3-7H,8H2,1-2H3. The molecule has 0 fully saturated rings. The maximum absolute atomic E-state index is 12.3. The van der Waals surface area contributed by atoms with Gasteiger partial charge in [-0.1, -0.05) is 12.1 Å². The number of nitrogens with zero attached hydrogens (tertiary/aromatic N) is 3. The third-order valence-corrected chi connectivity index (χ3v) is 3.72. The van der Waals surface area contributed by atoms with Crippen molar-refractivity contribution in [2.24, 2.45) is 14.1 Å². The topological polar surface area (TPSA) is 81.4 Å². The predicted octanol–water partition coefficient (Wildman–Crippen LogP) is -0.120. The van der Waals surface area contributed by atoms with Gasteiger partial charge in [0.25, 0.3) is 17.4 Å². The van der Waals surface area contributed by atoms with Gasteiger partial charge in [0, 0.05) is 20.3 Å². The molecule has 112 valence electrons. The normalized spacial score (nSPS) is 13.6. The fourth-order valence-electron chi connectivity index (χ4n) is 2.54. The molecule has 1 aromatic heterocycles. The average Bonchev–Trinajstić information content (AvgIpc) is 2.76. The van der Waals surface area contributed by atoms with Crippen LogP contribution in [0.25, 0.3) is 0 Å². The van der Waals surface area contributed by atoms with E-state index in [2.05, 4.69) is 0 Å². The molecule has 1 aromatic carbocycles. The van der Waals surface area contributed by atoms with Crippen LogP contribution in [-0.2, 0) is 20.6 Å². The summed E-state index contributed by atoms with van der Waals surface area (Å²) in [7, 11) is 2.87. The van der Waals surface area contributed by atoms with E-state index < -0.39 is 23.1 Å². The second kappa shape index (κ2) is 4.80. The second-order valence-corrected chi connectivity index (χ2v) is 5.15. The van der Waals surface area contributed by atoms with Gasteiger partial charge in [-0.05, 0) is 12.1 Å². The lowest BCUT2D eigenvalue weighted by Crippen LogP contribution is -2.41. The lowest BCUT2D eigenvalue weighted by atomic mass is 10.1.